The molecule has 0 aliphatic carbocycles. The van der Waals surface area contributed by atoms with E-state index in [9.17, 15) is 0 Å². The maximum Gasteiger partial charge on any atom is 0.118 e. The molecule has 27 heavy (non-hydrogen) atoms. The van der Waals surface area contributed by atoms with Gasteiger partial charge in [-0.25, -0.2) is 0 Å². The second-order valence-electron chi connectivity index (χ2n) is 6.08. The average molecular weight is 358 g/mol. The molecule has 3 rings (SSSR count). The molecule has 0 amide bonds. The lowest BCUT2D eigenvalue weighted by molar-refractivity contribution is 0.414. The highest BCUT2D eigenvalue weighted by atomic mass is 16.5. The van der Waals surface area contributed by atoms with Gasteiger partial charge >= 0.3 is 0 Å². The first-order valence-electron chi connectivity index (χ1n) is 8.59. The van der Waals surface area contributed by atoms with E-state index in [1.165, 1.54) is 0 Å². The Morgan fingerprint density at radius 1 is 0.556 bits per heavy atom. The zero-order valence-electron chi connectivity index (χ0n) is 15.7. The van der Waals surface area contributed by atoms with Crippen molar-refractivity contribution < 1.29 is 14.2 Å². The molecule has 0 atom stereocenters. The molecule has 0 saturated heterocycles. The molecule has 3 nitrogen and oxygen atoms in total. The molecule has 0 radical (unpaired) electrons. The molecular formula is C24H22O3. The number of hydrogen-bond donors (Lipinski definition) is 0. The van der Waals surface area contributed by atoms with Gasteiger partial charge in [0.2, 0.25) is 0 Å². The highest BCUT2D eigenvalue weighted by Gasteiger charge is 2.34. The van der Waals surface area contributed by atoms with E-state index < -0.39 is 5.41 Å². The van der Waals surface area contributed by atoms with Gasteiger partial charge in [-0.1, -0.05) is 42.3 Å². The molecule has 3 aromatic carbocycles. The fourth-order valence-corrected chi connectivity index (χ4v) is 3.27. The summed E-state index contributed by atoms with van der Waals surface area (Å²) in [6, 6.07) is 23.6. The summed E-state index contributed by atoms with van der Waals surface area (Å²) in [6.45, 7) is 0. The molecule has 0 N–H and O–H groups in total. The van der Waals surface area contributed by atoms with Gasteiger partial charge in [0.05, 0.1) is 21.3 Å². The van der Waals surface area contributed by atoms with Gasteiger partial charge < -0.3 is 14.2 Å². The quantitative estimate of drug-likeness (QED) is 0.473. The summed E-state index contributed by atoms with van der Waals surface area (Å²) >= 11 is 0. The van der Waals surface area contributed by atoms with E-state index in [1.807, 2.05) is 72.8 Å². The third-order valence-electron chi connectivity index (χ3n) is 4.79. The van der Waals surface area contributed by atoms with E-state index in [1.54, 1.807) is 21.3 Å². The van der Waals surface area contributed by atoms with Crippen molar-refractivity contribution in [3.05, 3.63) is 89.5 Å². The molecular weight excluding hydrogens is 336 g/mol. The molecule has 136 valence electrons. The number of terminal acetylenes is 1. The summed E-state index contributed by atoms with van der Waals surface area (Å²) in [5.74, 6) is 5.41. The van der Waals surface area contributed by atoms with Crippen LogP contribution in [0.3, 0.4) is 0 Å². The van der Waals surface area contributed by atoms with Crippen LogP contribution < -0.4 is 14.2 Å². The van der Waals surface area contributed by atoms with E-state index in [0.29, 0.717) is 0 Å². The molecule has 0 fully saturated rings. The summed E-state index contributed by atoms with van der Waals surface area (Å²) in [7, 11) is 4.95. The van der Waals surface area contributed by atoms with Crippen molar-refractivity contribution in [2.45, 2.75) is 5.41 Å². The number of rotatable bonds is 6. The first-order chi connectivity index (χ1) is 13.2. The number of benzene rings is 3. The van der Waals surface area contributed by atoms with Crippen LogP contribution in [0.15, 0.2) is 72.8 Å². The number of hydrogen-bond acceptors (Lipinski definition) is 3. The lowest BCUT2D eigenvalue weighted by Gasteiger charge is -2.31. The Morgan fingerprint density at radius 3 is 1.00 bits per heavy atom. The minimum absolute atomic E-state index is 0.745. The van der Waals surface area contributed by atoms with Crippen molar-refractivity contribution in [2.24, 2.45) is 0 Å². The van der Waals surface area contributed by atoms with E-state index in [0.717, 1.165) is 33.9 Å². The molecule has 0 heterocycles. The fourth-order valence-electron chi connectivity index (χ4n) is 3.27. The Morgan fingerprint density at radius 2 is 0.815 bits per heavy atom. The molecule has 3 aromatic rings. The van der Waals surface area contributed by atoms with Gasteiger partial charge in [-0.2, -0.15) is 0 Å². The maximum absolute atomic E-state index is 6.17. The van der Waals surface area contributed by atoms with Crippen molar-refractivity contribution in [3.63, 3.8) is 0 Å². The molecule has 3 heteroatoms. The van der Waals surface area contributed by atoms with E-state index in [4.69, 9.17) is 20.6 Å². The van der Waals surface area contributed by atoms with Crippen LogP contribution >= 0.6 is 0 Å². The normalized spacial score (nSPS) is 10.7. The smallest absolute Gasteiger partial charge is 0.118 e. The Kier molecular flexibility index (Phi) is 5.38. The van der Waals surface area contributed by atoms with E-state index in [2.05, 4.69) is 5.92 Å². The maximum atomic E-state index is 6.17. The zero-order valence-corrected chi connectivity index (χ0v) is 15.7. The molecule has 0 aliphatic rings. The number of ether oxygens (including phenoxy) is 3. The minimum Gasteiger partial charge on any atom is -0.497 e. The van der Waals surface area contributed by atoms with Crippen LogP contribution in [-0.4, -0.2) is 21.3 Å². The van der Waals surface area contributed by atoms with Crippen LogP contribution in [-0.2, 0) is 5.41 Å². The predicted molar refractivity (Wildman–Crippen MR) is 108 cm³/mol. The Hall–Kier alpha value is -3.38. The first-order valence-corrected chi connectivity index (χ1v) is 8.59. The average Bonchev–Trinajstić information content (AvgIpc) is 2.76. The lowest BCUT2D eigenvalue weighted by atomic mass is 9.70. The van der Waals surface area contributed by atoms with Crippen LogP contribution in [0.4, 0.5) is 0 Å². The van der Waals surface area contributed by atoms with Gasteiger partial charge in [0, 0.05) is 0 Å². The van der Waals surface area contributed by atoms with Gasteiger partial charge in [0.25, 0.3) is 0 Å². The van der Waals surface area contributed by atoms with Crippen molar-refractivity contribution in [2.75, 3.05) is 21.3 Å². The Balaban J connectivity index is 2.23. The van der Waals surface area contributed by atoms with Crippen molar-refractivity contribution in [1.82, 2.24) is 0 Å². The zero-order chi connectivity index (χ0) is 19.3. The Labute approximate surface area is 160 Å². The van der Waals surface area contributed by atoms with Gasteiger partial charge in [-0.15, -0.1) is 6.42 Å². The SMILES string of the molecule is C#CC(c1ccc(OC)cc1)(c1ccc(OC)cc1)c1ccc(OC)cc1. The van der Waals surface area contributed by atoms with Crippen LogP contribution in [0.1, 0.15) is 16.7 Å². The molecule has 0 aliphatic heterocycles. The Bertz CT molecular complexity index is 802. The highest BCUT2D eigenvalue weighted by Crippen LogP contribution is 2.40. The van der Waals surface area contributed by atoms with E-state index in [-0.39, 0.29) is 0 Å². The van der Waals surface area contributed by atoms with Gasteiger partial charge in [-0.3, -0.25) is 0 Å². The largest absolute Gasteiger partial charge is 0.497 e. The van der Waals surface area contributed by atoms with Crippen LogP contribution in [0.25, 0.3) is 0 Å². The summed E-state index contributed by atoms with van der Waals surface area (Å²) in [5.41, 5.74) is 2.22. The third-order valence-corrected chi connectivity index (χ3v) is 4.79. The second-order valence-corrected chi connectivity index (χ2v) is 6.08. The van der Waals surface area contributed by atoms with Gasteiger partial charge in [0.15, 0.2) is 0 Å². The van der Waals surface area contributed by atoms with Crippen molar-refractivity contribution >= 4 is 0 Å². The second kappa shape index (κ2) is 7.88. The predicted octanol–water partition coefficient (Wildman–Crippen LogP) is 4.68. The van der Waals surface area contributed by atoms with Crippen LogP contribution in [0.2, 0.25) is 0 Å². The lowest BCUT2D eigenvalue weighted by Crippen LogP contribution is -2.27. The third kappa shape index (κ3) is 3.35. The molecule has 0 aromatic heterocycles. The fraction of sp³-hybridized carbons (Fsp3) is 0.167. The van der Waals surface area contributed by atoms with Crippen molar-refractivity contribution in [1.29, 1.82) is 0 Å². The summed E-state index contributed by atoms with van der Waals surface area (Å²) in [4.78, 5) is 0. The molecule has 0 saturated carbocycles. The molecule has 0 unspecified atom stereocenters. The van der Waals surface area contributed by atoms with E-state index >= 15 is 0 Å². The first kappa shape index (κ1) is 18.4. The monoisotopic (exact) mass is 358 g/mol. The summed E-state index contributed by atoms with van der Waals surface area (Å²) in [5, 5.41) is 0. The molecule has 0 spiro atoms. The summed E-state index contributed by atoms with van der Waals surface area (Å²) in [6.07, 6.45) is 6.17. The topological polar surface area (TPSA) is 27.7 Å². The van der Waals surface area contributed by atoms with Crippen molar-refractivity contribution in [3.8, 4) is 29.6 Å². The standard InChI is InChI=1S/C24H22O3/c1-5-24(18-6-12-21(25-2)13-7-18,19-8-14-22(26-3)15-9-19)20-10-16-23(27-4)17-11-20/h1,6-17H,2-4H3. The number of methoxy groups -OCH3 is 3. The molecule has 0 bridgehead atoms. The van der Waals surface area contributed by atoms with Gasteiger partial charge in [0.1, 0.15) is 22.7 Å². The summed E-state index contributed by atoms with van der Waals surface area (Å²) < 4.78 is 15.9. The van der Waals surface area contributed by atoms with Gasteiger partial charge in [-0.05, 0) is 53.1 Å². The highest BCUT2D eigenvalue weighted by molar-refractivity contribution is 5.59. The van der Waals surface area contributed by atoms with Crippen LogP contribution in [0.5, 0.6) is 17.2 Å². The van der Waals surface area contributed by atoms with Crippen LogP contribution in [0, 0.1) is 12.3 Å². The minimum atomic E-state index is -0.745.